The summed E-state index contributed by atoms with van der Waals surface area (Å²) in [4.78, 5) is 12.9. The number of aryl methyl sites for hydroxylation is 1. The SMILES string of the molecule is CC(CCc1ccccc1)NC(=O)C1CCCN1S(=O)(=O)c1ccc(Cl)cc1. The summed E-state index contributed by atoms with van der Waals surface area (Å²) >= 11 is 5.86. The molecule has 7 heteroatoms. The van der Waals surface area contributed by atoms with Crippen LogP contribution in [0.2, 0.25) is 5.02 Å². The molecule has 0 aromatic heterocycles. The lowest BCUT2D eigenvalue weighted by molar-refractivity contribution is -0.124. The van der Waals surface area contributed by atoms with E-state index in [1.54, 1.807) is 12.1 Å². The van der Waals surface area contributed by atoms with Gasteiger partial charge >= 0.3 is 0 Å². The molecule has 2 aromatic rings. The van der Waals surface area contributed by atoms with Crippen LogP contribution in [0.3, 0.4) is 0 Å². The molecule has 1 N–H and O–H groups in total. The van der Waals surface area contributed by atoms with Crippen molar-refractivity contribution in [3.63, 3.8) is 0 Å². The van der Waals surface area contributed by atoms with Gasteiger partial charge in [0.15, 0.2) is 0 Å². The average Bonchev–Trinajstić information content (AvgIpc) is 3.18. The third kappa shape index (κ3) is 4.93. The molecular weight excluding hydrogens is 396 g/mol. The first-order chi connectivity index (χ1) is 13.4. The number of rotatable bonds is 7. The van der Waals surface area contributed by atoms with Crippen molar-refractivity contribution in [2.45, 2.75) is 49.6 Å². The molecule has 28 heavy (non-hydrogen) atoms. The molecule has 1 amide bonds. The van der Waals surface area contributed by atoms with Gasteiger partial charge in [0.05, 0.1) is 4.90 Å². The van der Waals surface area contributed by atoms with Crippen molar-refractivity contribution in [3.8, 4) is 0 Å². The molecule has 2 atom stereocenters. The zero-order chi connectivity index (χ0) is 20.1. The Morgan fingerprint density at radius 3 is 2.54 bits per heavy atom. The molecule has 1 fully saturated rings. The van der Waals surface area contributed by atoms with Gasteiger partial charge in [-0.3, -0.25) is 4.79 Å². The van der Waals surface area contributed by atoms with Gasteiger partial charge in [-0.05, 0) is 62.4 Å². The van der Waals surface area contributed by atoms with Gasteiger partial charge in [0.2, 0.25) is 15.9 Å². The van der Waals surface area contributed by atoms with E-state index in [4.69, 9.17) is 11.6 Å². The lowest BCUT2D eigenvalue weighted by atomic mass is 10.1. The number of benzene rings is 2. The largest absolute Gasteiger partial charge is 0.352 e. The Bertz CT molecular complexity index is 901. The van der Waals surface area contributed by atoms with Crippen molar-refractivity contribution in [1.29, 1.82) is 0 Å². The van der Waals surface area contributed by atoms with Gasteiger partial charge < -0.3 is 5.32 Å². The Labute approximate surface area is 171 Å². The molecule has 0 saturated carbocycles. The quantitative estimate of drug-likeness (QED) is 0.743. The van der Waals surface area contributed by atoms with E-state index >= 15 is 0 Å². The lowest BCUT2D eigenvalue weighted by Crippen LogP contribution is -2.48. The Balaban J connectivity index is 1.63. The zero-order valence-electron chi connectivity index (χ0n) is 15.8. The molecule has 0 bridgehead atoms. The molecule has 1 saturated heterocycles. The monoisotopic (exact) mass is 420 g/mol. The summed E-state index contributed by atoms with van der Waals surface area (Å²) in [5, 5.41) is 3.46. The van der Waals surface area contributed by atoms with Crippen LogP contribution in [0.1, 0.15) is 31.7 Å². The van der Waals surface area contributed by atoms with Crippen LogP contribution in [0.25, 0.3) is 0 Å². The second-order valence-electron chi connectivity index (χ2n) is 7.16. The van der Waals surface area contributed by atoms with Crippen molar-refractivity contribution in [1.82, 2.24) is 9.62 Å². The maximum atomic E-state index is 13.0. The first kappa shape index (κ1) is 20.8. The van der Waals surface area contributed by atoms with Crippen LogP contribution >= 0.6 is 11.6 Å². The molecule has 3 rings (SSSR count). The highest BCUT2D eigenvalue weighted by atomic mass is 35.5. The second-order valence-corrected chi connectivity index (χ2v) is 9.49. The lowest BCUT2D eigenvalue weighted by Gasteiger charge is -2.25. The summed E-state index contributed by atoms with van der Waals surface area (Å²) in [6.45, 7) is 2.30. The summed E-state index contributed by atoms with van der Waals surface area (Å²) in [5.74, 6) is -0.226. The first-order valence-corrected chi connectivity index (χ1v) is 11.3. The van der Waals surface area contributed by atoms with Crippen LogP contribution in [0.5, 0.6) is 0 Å². The summed E-state index contributed by atoms with van der Waals surface area (Å²) < 4.78 is 27.2. The van der Waals surface area contributed by atoms with Crippen LogP contribution in [0.4, 0.5) is 0 Å². The number of nitrogens with one attached hydrogen (secondary N) is 1. The minimum atomic E-state index is -3.73. The summed E-state index contributed by atoms with van der Waals surface area (Å²) in [6, 6.07) is 15.4. The van der Waals surface area contributed by atoms with Crippen molar-refractivity contribution < 1.29 is 13.2 Å². The standard InChI is InChI=1S/C21H25ClN2O3S/c1-16(9-10-17-6-3-2-4-7-17)23-21(25)20-8-5-15-24(20)28(26,27)19-13-11-18(22)12-14-19/h2-4,6-7,11-14,16,20H,5,8-10,15H2,1H3,(H,23,25). The van der Waals surface area contributed by atoms with Gasteiger partial charge in [-0.2, -0.15) is 4.31 Å². The highest BCUT2D eigenvalue weighted by Gasteiger charge is 2.39. The van der Waals surface area contributed by atoms with Gasteiger partial charge in [0.25, 0.3) is 0 Å². The maximum absolute atomic E-state index is 13.0. The van der Waals surface area contributed by atoms with Crippen molar-refractivity contribution in [2.24, 2.45) is 0 Å². The van der Waals surface area contributed by atoms with Gasteiger partial charge in [-0.1, -0.05) is 41.9 Å². The molecule has 0 spiro atoms. The second kappa shape index (κ2) is 9.07. The highest BCUT2D eigenvalue weighted by molar-refractivity contribution is 7.89. The molecular formula is C21H25ClN2O3S. The fraction of sp³-hybridized carbons (Fsp3) is 0.381. The number of carbonyl (C=O) groups excluding carboxylic acids is 1. The number of amides is 1. The van der Waals surface area contributed by atoms with E-state index in [0.717, 1.165) is 12.8 Å². The average molecular weight is 421 g/mol. The zero-order valence-corrected chi connectivity index (χ0v) is 17.4. The van der Waals surface area contributed by atoms with Crippen LogP contribution in [0.15, 0.2) is 59.5 Å². The van der Waals surface area contributed by atoms with E-state index in [1.807, 2.05) is 25.1 Å². The Morgan fingerprint density at radius 1 is 1.18 bits per heavy atom. The predicted molar refractivity (Wildman–Crippen MR) is 111 cm³/mol. The minimum Gasteiger partial charge on any atom is -0.352 e. The Hall–Kier alpha value is -1.89. The number of halogens is 1. The molecule has 1 heterocycles. The van der Waals surface area contributed by atoms with E-state index < -0.39 is 16.1 Å². The molecule has 0 aliphatic carbocycles. The van der Waals surface area contributed by atoms with E-state index in [2.05, 4.69) is 17.4 Å². The topological polar surface area (TPSA) is 66.5 Å². The third-order valence-electron chi connectivity index (χ3n) is 5.02. The fourth-order valence-electron chi connectivity index (χ4n) is 3.47. The minimum absolute atomic E-state index is 0.0339. The van der Waals surface area contributed by atoms with E-state index in [0.29, 0.717) is 24.4 Å². The number of hydrogen-bond donors (Lipinski definition) is 1. The van der Waals surface area contributed by atoms with Gasteiger partial charge in [-0.15, -0.1) is 0 Å². The van der Waals surface area contributed by atoms with Gasteiger partial charge in [-0.25, -0.2) is 8.42 Å². The van der Waals surface area contributed by atoms with Gasteiger partial charge in [0.1, 0.15) is 6.04 Å². The normalized spacial score (nSPS) is 18.7. The van der Waals surface area contributed by atoms with Crippen molar-refractivity contribution in [2.75, 3.05) is 6.54 Å². The Kier molecular flexibility index (Phi) is 6.75. The molecule has 1 aliphatic heterocycles. The van der Waals surface area contributed by atoms with E-state index in [9.17, 15) is 13.2 Å². The number of sulfonamides is 1. The van der Waals surface area contributed by atoms with Crippen LogP contribution in [-0.2, 0) is 21.2 Å². The summed E-state index contributed by atoms with van der Waals surface area (Å²) in [5.41, 5.74) is 1.22. The van der Waals surface area contributed by atoms with Gasteiger partial charge in [0, 0.05) is 17.6 Å². The van der Waals surface area contributed by atoms with Crippen LogP contribution < -0.4 is 5.32 Å². The highest BCUT2D eigenvalue weighted by Crippen LogP contribution is 2.27. The maximum Gasteiger partial charge on any atom is 0.243 e. The molecule has 5 nitrogen and oxygen atoms in total. The van der Waals surface area contributed by atoms with Crippen LogP contribution in [0, 0.1) is 0 Å². The predicted octanol–water partition coefficient (Wildman–Crippen LogP) is 3.63. The summed E-state index contributed by atoms with van der Waals surface area (Å²) in [7, 11) is -3.73. The molecule has 2 unspecified atom stereocenters. The molecule has 150 valence electrons. The van der Waals surface area contributed by atoms with Crippen molar-refractivity contribution in [3.05, 3.63) is 65.2 Å². The molecule has 0 radical (unpaired) electrons. The number of carbonyl (C=O) groups is 1. The fourth-order valence-corrected chi connectivity index (χ4v) is 5.25. The smallest absolute Gasteiger partial charge is 0.243 e. The van der Waals surface area contributed by atoms with Crippen molar-refractivity contribution >= 4 is 27.5 Å². The third-order valence-corrected chi connectivity index (χ3v) is 7.20. The van der Waals surface area contributed by atoms with E-state index in [-0.39, 0.29) is 16.8 Å². The van der Waals surface area contributed by atoms with E-state index in [1.165, 1.54) is 22.0 Å². The molecule has 2 aromatic carbocycles. The number of hydrogen-bond acceptors (Lipinski definition) is 3. The molecule has 1 aliphatic rings. The number of nitrogens with zero attached hydrogens (tertiary/aromatic N) is 1. The Morgan fingerprint density at radius 2 is 1.86 bits per heavy atom. The summed E-state index contributed by atoms with van der Waals surface area (Å²) in [6.07, 6.45) is 2.86. The first-order valence-electron chi connectivity index (χ1n) is 9.49. The van der Waals surface area contributed by atoms with Crippen LogP contribution in [-0.4, -0.2) is 37.3 Å².